The van der Waals surface area contributed by atoms with Crippen molar-refractivity contribution in [2.75, 3.05) is 13.1 Å². The van der Waals surface area contributed by atoms with E-state index in [4.69, 9.17) is 4.74 Å². The number of benzene rings is 1. The van der Waals surface area contributed by atoms with Gasteiger partial charge in [-0.05, 0) is 38.0 Å². The standard InChI is InChI=1S/C21H22N2O3/c1-15-13-17(14-19(24)22-15)20(25)23-11-4-8-21(10-12-23)9-7-16-5-2-3-6-18(16)26-21/h2-3,5-7,9,13-14H,4,8,10-12H2,1H3,(H,22,24)/t21-/m1/s1. The summed E-state index contributed by atoms with van der Waals surface area (Å²) in [6.07, 6.45) is 6.74. The van der Waals surface area contributed by atoms with Crippen LogP contribution in [0.3, 0.4) is 0 Å². The number of aromatic amines is 1. The Morgan fingerprint density at radius 2 is 2.04 bits per heavy atom. The summed E-state index contributed by atoms with van der Waals surface area (Å²) in [6, 6.07) is 11.1. The minimum atomic E-state index is -0.354. The highest BCUT2D eigenvalue weighted by atomic mass is 16.5. The number of aryl methyl sites for hydroxylation is 1. The molecule has 0 radical (unpaired) electrons. The zero-order valence-electron chi connectivity index (χ0n) is 14.8. The fraction of sp³-hybridized carbons (Fsp3) is 0.333. The van der Waals surface area contributed by atoms with Crippen molar-refractivity contribution in [1.82, 2.24) is 9.88 Å². The molecule has 4 rings (SSSR count). The van der Waals surface area contributed by atoms with Crippen LogP contribution in [-0.4, -0.2) is 34.5 Å². The number of hydrogen-bond acceptors (Lipinski definition) is 3. The van der Waals surface area contributed by atoms with Crippen LogP contribution in [0, 0.1) is 6.92 Å². The van der Waals surface area contributed by atoms with Gasteiger partial charge in [-0.25, -0.2) is 0 Å². The van der Waals surface area contributed by atoms with E-state index in [1.807, 2.05) is 29.2 Å². The predicted octanol–water partition coefficient (Wildman–Crippen LogP) is 3.15. The van der Waals surface area contributed by atoms with Crippen molar-refractivity contribution in [3.63, 3.8) is 0 Å². The largest absolute Gasteiger partial charge is 0.483 e. The number of ether oxygens (including phenoxy) is 1. The lowest BCUT2D eigenvalue weighted by Crippen LogP contribution is -2.38. The van der Waals surface area contributed by atoms with Crippen LogP contribution in [0.25, 0.3) is 6.08 Å². The van der Waals surface area contributed by atoms with E-state index in [0.29, 0.717) is 24.3 Å². The molecule has 1 aromatic heterocycles. The molecule has 0 unspecified atom stereocenters. The summed E-state index contributed by atoms with van der Waals surface area (Å²) in [7, 11) is 0. The van der Waals surface area contributed by atoms with E-state index in [-0.39, 0.29) is 17.1 Å². The molecule has 134 valence electrons. The molecule has 0 bridgehead atoms. The van der Waals surface area contributed by atoms with Gasteiger partial charge in [-0.1, -0.05) is 24.3 Å². The summed E-state index contributed by atoms with van der Waals surface area (Å²) in [5, 5.41) is 0. The third-order valence-electron chi connectivity index (χ3n) is 5.14. The molecule has 2 aliphatic heterocycles. The summed E-state index contributed by atoms with van der Waals surface area (Å²) < 4.78 is 6.33. The Balaban J connectivity index is 1.52. The van der Waals surface area contributed by atoms with Gasteiger partial charge in [-0.15, -0.1) is 0 Å². The van der Waals surface area contributed by atoms with Crippen LogP contribution in [0.15, 0.2) is 47.3 Å². The number of para-hydroxylation sites is 1. The third-order valence-corrected chi connectivity index (χ3v) is 5.14. The van der Waals surface area contributed by atoms with Gasteiger partial charge in [-0.2, -0.15) is 0 Å². The summed E-state index contributed by atoms with van der Waals surface area (Å²) in [4.78, 5) is 29.0. The molecule has 1 fully saturated rings. The molecule has 1 spiro atoms. The average Bonchev–Trinajstić information content (AvgIpc) is 2.83. The second-order valence-electron chi connectivity index (χ2n) is 7.10. The van der Waals surface area contributed by atoms with E-state index < -0.39 is 0 Å². The molecule has 0 aliphatic carbocycles. The molecule has 5 heteroatoms. The molecule has 3 heterocycles. The van der Waals surface area contributed by atoms with Crippen molar-refractivity contribution in [3.05, 3.63) is 69.6 Å². The molecular weight excluding hydrogens is 328 g/mol. The molecule has 2 aliphatic rings. The summed E-state index contributed by atoms with van der Waals surface area (Å²) in [5.74, 6) is 0.816. The number of H-pyrrole nitrogens is 1. The lowest BCUT2D eigenvalue weighted by Gasteiger charge is -2.34. The predicted molar refractivity (Wildman–Crippen MR) is 100 cm³/mol. The van der Waals surface area contributed by atoms with Gasteiger partial charge < -0.3 is 14.6 Å². The lowest BCUT2D eigenvalue weighted by atomic mass is 9.91. The Morgan fingerprint density at radius 1 is 1.19 bits per heavy atom. The van der Waals surface area contributed by atoms with Crippen LogP contribution in [0.2, 0.25) is 0 Å². The van der Waals surface area contributed by atoms with Gasteiger partial charge in [0.2, 0.25) is 5.56 Å². The van der Waals surface area contributed by atoms with Crippen molar-refractivity contribution in [1.29, 1.82) is 0 Å². The third kappa shape index (κ3) is 3.17. The minimum Gasteiger partial charge on any atom is -0.483 e. The van der Waals surface area contributed by atoms with Crippen LogP contribution < -0.4 is 10.3 Å². The highest BCUT2D eigenvalue weighted by Gasteiger charge is 2.35. The maximum atomic E-state index is 12.8. The number of carbonyl (C=O) groups excluding carboxylic acids is 1. The first-order valence-corrected chi connectivity index (χ1v) is 9.02. The Bertz CT molecular complexity index is 931. The minimum absolute atomic E-state index is 0.0866. The normalized spacial score (nSPS) is 21.8. The zero-order chi connectivity index (χ0) is 18.1. The topological polar surface area (TPSA) is 62.4 Å². The van der Waals surface area contributed by atoms with Gasteiger partial charge in [0.05, 0.1) is 0 Å². The number of carbonyl (C=O) groups is 1. The summed E-state index contributed by atoms with van der Waals surface area (Å²) in [6.45, 7) is 3.07. The number of pyridine rings is 1. The van der Waals surface area contributed by atoms with Crippen molar-refractivity contribution in [2.45, 2.75) is 31.8 Å². The number of nitrogens with zero attached hydrogens (tertiary/aromatic N) is 1. The molecule has 1 saturated heterocycles. The molecule has 1 N–H and O–H groups in total. The number of likely N-dealkylation sites (tertiary alicyclic amines) is 1. The van der Waals surface area contributed by atoms with Crippen molar-refractivity contribution in [3.8, 4) is 5.75 Å². The summed E-state index contributed by atoms with van der Waals surface area (Å²) in [5.41, 5.74) is 1.65. The molecule has 1 aromatic carbocycles. The van der Waals surface area contributed by atoms with Crippen LogP contribution >= 0.6 is 0 Å². The molecule has 5 nitrogen and oxygen atoms in total. The number of amides is 1. The lowest BCUT2D eigenvalue weighted by molar-refractivity contribution is 0.0730. The van der Waals surface area contributed by atoms with Gasteiger partial charge >= 0.3 is 0 Å². The van der Waals surface area contributed by atoms with Gasteiger partial charge in [0.1, 0.15) is 11.4 Å². The first-order valence-electron chi connectivity index (χ1n) is 9.02. The Kier molecular flexibility index (Phi) is 4.15. The Morgan fingerprint density at radius 3 is 2.88 bits per heavy atom. The number of hydrogen-bond donors (Lipinski definition) is 1. The maximum absolute atomic E-state index is 12.8. The quantitative estimate of drug-likeness (QED) is 0.859. The van der Waals surface area contributed by atoms with Crippen LogP contribution in [0.4, 0.5) is 0 Å². The molecule has 2 aromatic rings. The van der Waals surface area contributed by atoms with E-state index >= 15 is 0 Å². The van der Waals surface area contributed by atoms with Crippen LogP contribution in [0.5, 0.6) is 5.75 Å². The van der Waals surface area contributed by atoms with Gasteiger partial charge in [-0.3, -0.25) is 9.59 Å². The van der Waals surface area contributed by atoms with E-state index in [1.165, 1.54) is 6.07 Å². The van der Waals surface area contributed by atoms with E-state index in [0.717, 1.165) is 30.6 Å². The van der Waals surface area contributed by atoms with E-state index in [2.05, 4.69) is 17.1 Å². The first kappa shape index (κ1) is 16.6. The molecular formula is C21H22N2O3. The molecule has 26 heavy (non-hydrogen) atoms. The number of nitrogens with one attached hydrogen (secondary N) is 1. The van der Waals surface area contributed by atoms with Gasteiger partial charge in [0, 0.05) is 42.4 Å². The smallest absolute Gasteiger partial charge is 0.254 e. The monoisotopic (exact) mass is 350 g/mol. The van der Waals surface area contributed by atoms with Gasteiger partial charge in [0.25, 0.3) is 5.91 Å². The average molecular weight is 350 g/mol. The van der Waals surface area contributed by atoms with Gasteiger partial charge in [0.15, 0.2) is 0 Å². The Labute approximate surface area is 152 Å². The number of rotatable bonds is 1. The SMILES string of the molecule is Cc1cc(C(=O)N2CCC[C@@]3(C=Cc4ccccc4O3)CC2)cc(=O)[nH]1. The fourth-order valence-electron chi connectivity index (χ4n) is 3.80. The molecule has 1 atom stereocenters. The molecule has 1 amide bonds. The van der Waals surface area contributed by atoms with Crippen molar-refractivity contribution >= 4 is 12.0 Å². The number of aromatic nitrogens is 1. The molecule has 0 saturated carbocycles. The van der Waals surface area contributed by atoms with E-state index in [1.54, 1.807) is 13.0 Å². The van der Waals surface area contributed by atoms with Crippen LogP contribution in [-0.2, 0) is 0 Å². The van der Waals surface area contributed by atoms with Crippen LogP contribution in [0.1, 0.15) is 40.9 Å². The van der Waals surface area contributed by atoms with Crippen molar-refractivity contribution in [2.24, 2.45) is 0 Å². The second kappa shape index (κ2) is 6.48. The van der Waals surface area contributed by atoms with E-state index in [9.17, 15) is 9.59 Å². The Hall–Kier alpha value is -2.82. The van der Waals surface area contributed by atoms with Crippen molar-refractivity contribution < 1.29 is 9.53 Å². The maximum Gasteiger partial charge on any atom is 0.254 e. The fourth-order valence-corrected chi connectivity index (χ4v) is 3.80. The first-order chi connectivity index (χ1) is 12.5. The zero-order valence-corrected chi connectivity index (χ0v) is 14.8. The second-order valence-corrected chi connectivity index (χ2v) is 7.10. The summed E-state index contributed by atoms with van der Waals surface area (Å²) >= 11 is 0. The number of fused-ring (bicyclic) bond motifs is 1. The highest BCUT2D eigenvalue weighted by Crippen LogP contribution is 2.37. The highest BCUT2D eigenvalue weighted by molar-refractivity contribution is 5.94.